The molecule has 1 aromatic carbocycles. The Balaban J connectivity index is 0.00000341. The molecule has 2 fully saturated rings. The molecule has 0 aromatic heterocycles. The first kappa shape index (κ1) is 25.4. The molecule has 9 heteroatoms. The van der Waals surface area contributed by atoms with Gasteiger partial charge in [-0.25, -0.2) is 9.18 Å². The number of imide groups is 1. The maximum absolute atomic E-state index is 13.6. The Morgan fingerprint density at radius 2 is 2.00 bits per heavy atom. The van der Waals surface area contributed by atoms with Gasteiger partial charge in [-0.2, -0.15) is 0 Å². The summed E-state index contributed by atoms with van der Waals surface area (Å²) >= 11 is 0. The van der Waals surface area contributed by atoms with Crippen molar-refractivity contribution in [2.45, 2.75) is 57.4 Å². The molecular weight excluding hydrogens is 512 g/mol. The Morgan fingerprint density at radius 3 is 2.58 bits per heavy atom. The van der Waals surface area contributed by atoms with Gasteiger partial charge in [0.2, 0.25) is 0 Å². The van der Waals surface area contributed by atoms with Gasteiger partial charge in [-0.05, 0) is 57.2 Å². The fourth-order valence-corrected chi connectivity index (χ4v) is 3.71. The molecule has 3 amide bonds. The molecule has 3 rings (SSSR count). The molecule has 1 aliphatic heterocycles. The minimum atomic E-state index is -0.795. The summed E-state index contributed by atoms with van der Waals surface area (Å²) in [5.74, 6) is 0.310. The molecule has 3 N–H and O–H groups in total. The van der Waals surface area contributed by atoms with E-state index >= 15 is 0 Å². The highest BCUT2D eigenvalue weighted by Gasteiger charge is 2.46. The average Bonchev–Trinajstić information content (AvgIpc) is 3.48. The van der Waals surface area contributed by atoms with E-state index in [1.165, 1.54) is 11.0 Å². The van der Waals surface area contributed by atoms with Crippen molar-refractivity contribution in [1.29, 1.82) is 0 Å². The summed E-state index contributed by atoms with van der Waals surface area (Å²) in [7, 11) is 0. The fraction of sp³-hybridized carbons (Fsp3) is 0.591. The van der Waals surface area contributed by atoms with Gasteiger partial charge in [-0.15, -0.1) is 24.0 Å². The van der Waals surface area contributed by atoms with E-state index < -0.39 is 5.54 Å². The predicted molar refractivity (Wildman–Crippen MR) is 130 cm³/mol. The summed E-state index contributed by atoms with van der Waals surface area (Å²) in [5.41, 5.74) is 0.130. The van der Waals surface area contributed by atoms with Gasteiger partial charge >= 0.3 is 6.03 Å². The zero-order valence-corrected chi connectivity index (χ0v) is 20.8. The standard InChI is InChI=1S/C22H32FN5O2.HI/c1-4-21(3)18(29)28(20(30)27-21)13-7-12-25-19(24-5-2)26-15-22(10-11-22)16-8-6-9-17(23)14-16;/h6,8-9,14H,4-5,7,10-13,15H2,1-3H3,(H,27,30)(H2,24,25,26);1H. The number of amides is 3. The molecule has 7 nitrogen and oxygen atoms in total. The SMILES string of the molecule is CCNC(=NCC1(c2cccc(F)c2)CC1)NCCCN1C(=O)NC(C)(CC)C1=O.I. The Hall–Kier alpha value is -1.91. The lowest BCUT2D eigenvalue weighted by Crippen LogP contribution is -2.43. The van der Waals surface area contributed by atoms with Crippen LogP contribution >= 0.6 is 24.0 Å². The number of rotatable bonds is 9. The number of nitrogens with zero attached hydrogens (tertiary/aromatic N) is 2. The molecule has 31 heavy (non-hydrogen) atoms. The molecule has 0 radical (unpaired) electrons. The molecule has 2 aliphatic rings. The number of nitrogens with one attached hydrogen (secondary N) is 3. The van der Waals surface area contributed by atoms with Gasteiger partial charge in [-0.1, -0.05) is 19.1 Å². The third kappa shape index (κ3) is 5.87. The monoisotopic (exact) mass is 545 g/mol. The highest BCUT2D eigenvalue weighted by atomic mass is 127. The summed E-state index contributed by atoms with van der Waals surface area (Å²) in [6, 6.07) is 6.45. The normalized spacial score (nSPS) is 22.1. The molecule has 1 saturated carbocycles. The molecule has 1 saturated heterocycles. The largest absolute Gasteiger partial charge is 0.357 e. The van der Waals surface area contributed by atoms with E-state index in [0.29, 0.717) is 38.4 Å². The maximum atomic E-state index is 13.6. The number of hydrogen-bond acceptors (Lipinski definition) is 3. The summed E-state index contributed by atoms with van der Waals surface area (Å²) in [4.78, 5) is 30.5. The zero-order valence-electron chi connectivity index (χ0n) is 18.5. The molecule has 1 heterocycles. The lowest BCUT2D eigenvalue weighted by atomic mass is 9.96. The fourth-order valence-electron chi connectivity index (χ4n) is 3.71. The molecule has 1 unspecified atom stereocenters. The van der Waals surface area contributed by atoms with E-state index in [4.69, 9.17) is 4.99 Å². The summed E-state index contributed by atoms with van der Waals surface area (Å²) in [5, 5.41) is 9.25. The van der Waals surface area contributed by atoms with E-state index in [2.05, 4.69) is 16.0 Å². The number of halogens is 2. The van der Waals surface area contributed by atoms with Crippen LogP contribution in [0.1, 0.15) is 52.0 Å². The molecule has 0 spiro atoms. The second kappa shape index (κ2) is 10.6. The number of carbonyl (C=O) groups is 2. The molecular formula is C22H33FIN5O2. The number of urea groups is 1. The van der Waals surface area contributed by atoms with Crippen molar-refractivity contribution in [1.82, 2.24) is 20.9 Å². The van der Waals surface area contributed by atoms with Crippen LogP contribution in [0.3, 0.4) is 0 Å². The first-order chi connectivity index (χ1) is 14.3. The first-order valence-electron chi connectivity index (χ1n) is 10.8. The molecule has 172 valence electrons. The van der Waals surface area contributed by atoms with Crippen molar-refractivity contribution < 1.29 is 14.0 Å². The van der Waals surface area contributed by atoms with Crippen LogP contribution in [-0.2, 0) is 10.2 Å². The van der Waals surface area contributed by atoms with Crippen molar-refractivity contribution in [2.75, 3.05) is 26.2 Å². The second-order valence-corrected chi connectivity index (χ2v) is 8.34. The Morgan fingerprint density at radius 1 is 1.26 bits per heavy atom. The van der Waals surface area contributed by atoms with Crippen molar-refractivity contribution >= 4 is 41.9 Å². The van der Waals surface area contributed by atoms with E-state index in [9.17, 15) is 14.0 Å². The average molecular weight is 545 g/mol. The van der Waals surface area contributed by atoms with Crippen molar-refractivity contribution in [3.05, 3.63) is 35.6 Å². The van der Waals surface area contributed by atoms with Gasteiger partial charge in [0.15, 0.2) is 5.96 Å². The highest BCUT2D eigenvalue weighted by molar-refractivity contribution is 14.0. The second-order valence-electron chi connectivity index (χ2n) is 8.34. The van der Waals surface area contributed by atoms with Crippen LogP contribution in [0.4, 0.5) is 9.18 Å². The van der Waals surface area contributed by atoms with Crippen LogP contribution in [0, 0.1) is 5.82 Å². The van der Waals surface area contributed by atoms with Crippen molar-refractivity contribution in [2.24, 2.45) is 4.99 Å². The van der Waals surface area contributed by atoms with Gasteiger partial charge in [-0.3, -0.25) is 14.7 Å². The summed E-state index contributed by atoms with van der Waals surface area (Å²) in [6.45, 7) is 7.90. The van der Waals surface area contributed by atoms with Crippen LogP contribution in [-0.4, -0.2) is 54.5 Å². The number of aliphatic imine (C=N–C) groups is 1. The first-order valence-corrected chi connectivity index (χ1v) is 10.8. The molecule has 0 bridgehead atoms. The molecule has 1 aromatic rings. The van der Waals surface area contributed by atoms with Crippen molar-refractivity contribution in [3.63, 3.8) is 0 Å². The van der Waals surface area contributed by atoms with E-state index in [-0.39, 0.29) is 47.1 Å². The lowest BCUT2D eigenvalue weighted by Gasteiger charge is -2.19. The van der Waals surface area contributed by atoms with Crippen LogP contribution in [0.2, 0.25) is 0 Å². The number of hydrogen-bond donors (Lipinski definition) is 3. The third-order valence-corrected chi connectivity index (χ3v) is 6.08. The maximum Gasteiger partial charge on any atom is 0.325 e. The highest BCUT2D eigenvalue weighted by Crippen LogP contribution is 2.48. The summed E-state index contributed by atoms with van der Waals surface area (Å²) < 4.78 is 13.6. The van der Waals surface area contributed by atoms with Gasteiger partial charge in [0.05, 0.1) is 6.54 Å². The minimum absolute atomic E-state index is 0. The van der Waals surface area contributed by atoms with Crippen LogP contribution < -0.4 is 16.0 Å². The Bertz CT molecular complexity index is 830. The van der Waals surface area contributed by atoms with E-state index in [0.717, 1.165) is 24.9 Å². The Labute approximate surface area is 200 Å². The van der Waals surface area contributed by atoms with Crippen LogP contribution in [0.15, 0.2) is 29.3 Å². The number of guanidine groups is 1. The minimum Gasteiger partial charge on any atom is -0.357 e. The predicted octanol–water partition coefficient (Wildman–Crippen LogP) is 3.14. The third-order valence-electron chi connectivity index (χ3n) is 6.08. The van der Waals surface area contributed by atoms with Crippen molar-refractivity contribution in [3.8, 4) is 0 Å². The Kier molecular flexibility index (Phi) is 8.67. The topological polar surface area (TPSA) is 85.8 Å². The van der Waals surface area contributed by atoms with E-state index in [1.54, 1.807) is 19.1 Å². The van der Waals surface area contributed by atoms with Crippen LogP contribution in [0.5, 0.6) is 0 Å². The number of benzene rings is 1. The van der Waals surface area contributed by atoms with Gasteiger partial charge < -0.3 is 16.0 Å². The molecule has 1 aliphatic carbocycles. The number of carbonyl (C=O) groups excluding carboxylic acids is 2. The van der Waals surface area contributed by atoms with E-state index in [1.807, 2.05) is 19.9 Å². The zero-order chi connectivity index (χ0) is 21.8. The van der Waals surface area contributed by atoms with Gasteiger partial charge in [0.25, 0.3) is 5.91 Å². The van der Waals surface area contributed by atoms with Crippen LogP contribution in [0.25, 0.3) is 0 Å². The summed E-state index contributed by atoms with van der Waals surface area (Å²) in [6.07, 6.45) is 3.19. The smallest absolute Gasteiger partial charge is 0.325 e. The quantitative estimate of drug-likeness (QED) is 0.146. The molecule has 1 atom stereocenters. The van der Waals surface area contributed by atoms with Gasteiger partial charge in [0, 0.05) is 25.0 Å². The lowest BCUT2D eigenvalue weighted by molar-refractivity contribution is -0.130. The van der Waals surface area contributed by atoms with Gasteiger partial charge in [0.1, 0.15) is 11.4 Å².